The van der Waals surface area contributed by atoms with Crippen molar-refractivity contribution < 1.29 is 9.90 Å². The second-order valence-corrected chi connectivity index (χ2v) is 5.92. The van der Waals surface area contributed by atoms with E-state index in [0.29, 0.717) is 4.88 Å². The van der Waals surface area contributed by atoms with Crippen LogP contribution in [-0.2, 0) is 0 Å². The Kier molecular flexibility index (Phi) is 3.59. The Bertz CT molecular complexity index is 771. The van der Waals surface area contributed by atoms with Crippen LogP contribution in [0, 0.1) is 6.92 Å². The van der Waals surface area contributed by atoms with Gasteiger partial charge in [0.15, 0.2) is 0 Å². The first-order valence-electron chi connectivity index (χ1n) is 6.65. The maximum absolute atomic E-state index is 11.0. The highest BCUT2D eigenvalue weighted by Gasteiger charge is 2.12. The number of carboxylic acid groups (broad SMARTS) is 1. The van der Waals surface area contributed by atoms with Crippen molar-refractivity contribution in [2.75, 3.05) is 0 Å². The second kappa shape index (κ2) is 5.54. The maximum Gasteiger partial charge on any atom is 0.345 e. The van der Waals surface area contributed by atoms with Gasteiger partial charge >= 0.3 is 5.97 Å². The molecule has 0 atom stereocenters. The lowest BCUT2D eigenvalue weighted by atomic mass is 10.0. The lowest BCUT2D eigenvalue weighted by Crippen LogP contribution is -1.89. The van der Waals surface area contributed by atoms with Crippen LogP contribution >= 0.6 is 11.3 Å². The molecule has 1 N–H and O–H groups in total. The van der Waals surface area contributed by atoms with Crippen LogP contribution in [0.1, 0.15) is 15.2 Å². The topological polar surface area (TPSA) is 37.3 Å². The number of hydrogen-bond acceptors (Lipinski definition) is 2. The molecule has 0 fully saturated rings. The molecule has 2 nitrogen and oxygen atoms in total. The molecule has 0 radical (unpaired) electrons. The zero-order valence-corrected chi connectivity index (χ0v) is 12.4. The van der Waals surface area contributed by atoms with E-state index in [1.807, 2.05) is 37.3 Å². The van der Waals surface area contributed by atoms with E-state index in [0.717, 1.165) is 21.6 Å². The molecule has 1 aromatic heterocycles. The zero-order valence-electron chi connectivity index (χ0n) is 11.5. The summed E-state index contributed by atoms with van der Waals surface area (Å²) in [6, 6.07) is 20.2. The molecule has 0 unspecified atom stereocenters. The number of hydrogen-bond donors (Lipinski definition) is 1. The molecule has 21 heavy (non-hydrogen) atoms. The first kappa shape index (κ1) is 13.6. The van der Waals surface area contributed by atoms with E-state index in [4.69, 9.17) is 5.11 Å². The van der Waals surface area contributed by atoms with Gasteiger partial charge < -0.3 is 5.11 Å². The fourth-order valence-electron chi connectivity index (χ4n) is 2.32. The van der Waals surface area contributed by atoms with E-state index in [1.54, 1.807) is 6.07 Å². The summed E-state index contributed by atoms with van der Waals surface area (Å²) in [4.78, 5) is 12.5. The molecular formula is C18H14O2S. The normalized spacial score (nSPS) is 10.5. The number of rotatable bonds is 3. The summed E-state index contributed by atoms with van der Waals surface area (Å²) in [7, 11) is 0. The predicted molar refractivity (Wildman–Crippen MR) is 86.9 cm³/mol. The average molecular weight is 294 g/mol. The monoisotopic (exact) mass is 294 g/mol. The maximum atomic E-state index is 11.0. The molecule has 0 aliphatic carbocycles. The van der Waals surface area contributed by atoms with Crippen LogP contribution in [0.3, 0.4) is 0 Å². The molecule has 0 saturated carbocycles. The first-order chi connectivity index (χ1) is 10.1. The van der Waals surface area contributed by atoms with Crippen molar-refractivity contribution in [3.05, 3.63) is 71.1 Å². The molecule has 0 bridgehead atoms. The smallest absolute Gasteiger partial charge is 0.345 e. The van der Waals surface area contributed by atoms with Gasteiger partial charge in [-0.2, -0.15) is 0 Å². The molecular weight excluding hydrogens is 280 g/mol. The van der Waals surface area contributed by atoms with Crippen LogP contribution in [0.15, 0.2) is 60.7 Å². The van der Waals surface area contributed by atoms with E-state index >= 15 is 0 Å². The Morgan fingerprint density at radius 3 is 2.05 bits per heavy atom. The minimum Gasteiger partial charge on any atom is -0.477 e. The van der Waals surface area contributed by atoms with Gasteiger partial charge in [0, 0.05) is 4.88 Å². The quantitative estimate of drug-likeness (QED) is 0.730. The van der Waals surface area contributed by atoms with Crippen molar-refractivity contribution in [3.8, 4) is 21.6 Å². The molecule has 3 heteroatoms. The van der Waals surface area contributed by atoms with Crippen LogP contribution in [-0.4, -0.2) is 11.1 Å². The Balaban J connectivity index is 1.96. The largest absolute Gasteiger partial charge is 0.477 e. The second-order valence-electron chi connectivity index (χ2n) is 4.87. The van der Waals surface area contributed by atoms with Crippen LogP contribution in [0.5, 0.6) is 0 Å². The molecule has 2 aromatic carbocycles. The minimum absolute atomic E-state index is 0.384. The van der Waals surface area contributed by atoms with Gasteiger partial charge in [0.25, 0.3) is 0 Å². The molecule has 3 aromatic rings. The fourth-order valence-corrected chi connectivity index (χ4v) is 3.34. The third kappa shape index (κ3) is 2.73. The van der Waals surface area contributed by atoms with Crippen molar-refractivity contribution in [1.29, 1.82) is 0 Å². The molecule has 0 saturated heterocycles. The van der Waals surface area contributed by atoms with Crippen LogP contribution in [0.25, 0.3) is 21.6 Å². The SMILES string of the molecule is Cc1cc(C(=O)O)sc1-c1ccc(-c2ccccc2)cc1. The van der Waals surface area contributed by atoms with Gasteiger partial charge in [0.2, 0.25) is 0 Å². The van der Waals surface area contributed by atoms with Gasteiger partial charge in [-0.1, -0.05) is 54.6 Å². The summed E-state index contributed by atoms with van der Waals surface area (Å²) in [6.07, 6.45) is 0. The minimum atomic E-state index is -0.866. The Labute approximate surface area is 127 Å². The van der Waals surface area contributed by atoms with Gasteiger partial charge in [0.1, 0.15) is 4.88 Å². The van der Waals surface area contributed by atoms with Crippen LogP contribution < -0.4 is 0 Å². The average Bonchev–Trinajstić information content (AvgIpc) is 2.91. The van der Waals surface area contributed by atoms with Gasteiger partial charge in [0.05, 0.1) is 0 Å². The van der Waals surface area contributed by atoms with Gasteiger partial charge in [-0.25, -0.2) is 4.79 Å². The van der Waals surface area contributed by atoms with Crippen molar-refractivity contribution in [3.63, 3.8) is 0 Å². The van der Waals surface area contributed by atoms with Crippen molar-refractivity contribution in [1.82, 2.24) is 0 Å². The van der Waals surface area contributed by atoms with Crippen molar-refractivity contribution in [2.45, 2.75) is 6.92 Å². The summed E-state index contributed by atoms with van der Waals surface area (Å²) in [5, 5.41) is 9.07. The van der Waals surface area contributed by atoms with Gasteiger partial charge in [-0.15, -0.1) is 11.3 Å². The molecule has 0 aliphatic heterocycles. The summed E-state index contributed by atoms with van der Waals surface area (Å²) in [5.41, 5.74) is 4.40. The highest BCUT2D eigenvalue weighted by atomic mass is 32.1. The van der Waals surface area contributed by atoms with Crippen molar-refractivity contribution in [2.24, 2.45) is 0 Å². The number of carbonyl (C=O) groups is 1. The fraction of sp³-hybridized carbons (Fsp3) is 0.0556. The Hall–Kier alpha value is -2.39. The highest BCUT2D eigenvalue weighted by Crippen LogP contribution is 2.33. The standard InChI is InChI=1S/C18H14O2S/c1-12-11-16(18(19)20)21-17(12)15-9-7-14(8-10-15)13-5-3-2-4-6-13/h2-11H,1H3,(H,19,20). The zero-order chi connectivity index (χ0) is 14.8. The van der Waals surface area contributed by atoms with Gasteiger partial charge in [-0.05, 0) is 35.2 Å². The van der Waals surface area contributed by atoms with E-state index in [-0.39, 0.29) is 0 Å². The van der Waals surface area contributed by atoms with E-state index in [2.05, 4.69) is 24.3 Å². The summed E-state index contributed by atoms with van der Waals surface area (Å²) in [6.45, 7) is 1.95. The van der Waals surface area contributed by atoms with Crippen molar-refractivity contribution >= 4 is 17.3 Å². The molecule has 0 aliphatic rings. The molecule has 0 amide bonds. The third-order valence-corrected chi connectivity index (χ3v) is 4.66. The molecule has 104 valence electrons. The molecule has 3 rings (SSSR count). The Morgan fingerprint density at radius 1 is 0.905 bits per heavy atom. The summed E-state index contributed by atoms with van der Waals surface area (Å²) < 4.78 is 0. The third-order valence-electron chi connectivity index (χ3n) is 3.38. The first-order valence-corrected chi connectivity index (χ1v) is 7.46. The highest BCUT2D eigenvalue weighted by molar-refractivity contribution is 7.17. The number of aryl methyl sites for hydroxylation is 1. The number of aromatic carboxylic acids is 1. The Morgan fingerprint density at radius 2 is 1.48 bits per heavy atom. The molecule has 0 spiro atoms. The lowest BCUT2D eigenvalue weighted by Gasteiger charge is -2.04. The predicted octanol–water partition coefficient (Wildman–Crippen LogP) is 5.09. The van der Waals surface area contributed by atoms with Gasteiger partial charge in [-0.3, -0.25) is 0 Å². The summed E-state index contributed by atoms with van der Waals surface area (Å²) in [5.74, 6) is -0.866. The van der Waals surface area contributed by atoms with E-state index in [9.17, 15) is 4.79 Å². The van der Waals surface area contributed by atoms with Crippen LogP contribution in [0.4, 0.5) is 0 Å². The number of carboxylic acids is 1. The van der Waals surface area contributed by atoms with E-state index in [1.165, 1.54) is 16.9 Å². The number of thiophene rings is 1. The van der Waals surface area contributed by atoms with Crippen LogP contribution in [0.2, 0.25) is 0 Å². The lowest BCUT2D eigenvalue weighted by molar-refractivity contribution is 0.0702. The number of benzene rings is 2. The molecule has 1 heterocycles. The van der Waals surface area contributed by atoms with E-state index < -0.39 is 5.97 Å². The summed E-state index contributed by atoms with van der Waals surface area (Å²) >= 11 is 1.32.